The summed E-state index contributed by atoms with van der Waals surface area (Å²) in [4.78, 5) is 0.0387. The molecule has 1 heterocycles. The van der Waals surface area contributed by atoms with Gasteiger partial charge in [0.25, 0.3) is 0 Å². The maximum Gasteiger partial charge on any atom is 0.244 e. The van der Waals surface area contributed by atoms with E-state index in [1.807, 2.05) is 0 Å². The van der Waals surface area contributed by atoms with Gasteiger partial charge < -0.3 is 10.1 Å². The number of ether oxygens (including phenoxy) is 1. The molecule has 1 atom stereocenters. The molecule has 1 aromatic rings. The SMILES string of the molecule is CNCC1CN(S(=O)(=O)c2cccc(Cl)c2Cl)CCO1. The molecule has 112 valence electrons. The van der Waals surface area contributed by atoms with Gasteiger partial charge in [-0.2, -0.15) is 4.31 Å². The van der Waals surface area contributed by atoms with Crippen LogP contribution in [0.5, 0.6) is 0 Å². The van der Waals surface area contributed by atoms with E-state index in [0.717, 1.165) is 0 Å². The predicted octanol–water partition coefficient (Wildman–Crippen LogP) is 1.60. The first-order valence-electron chi connectivity index (χ1n) is 6.17. The molecule has 5 nitrogen and oxygen atoms in total. The Morgan fingerprint density at radius 2 is 2.20 bits per heavy atom. The summed E-state index contributed by atoms with van der Waals surface area (Å²) in [5.74, 6) is 0. The summed E-state index contributed by atoms with van der Waals surface area (Å²) in [7, 11) is -1.86. The minimum absolute atomic E-state index is 0.0387. The molecule has 0 amide bonds. The number of hydrogen-bond donors (Lipinski definition) is 1. The van der Waals surface area contributed by atoms with E-state index >= 15 is 0 Å². The molecular formula is C12H16Cl2N2O3S. The summed E-state index contributed by atoms with van der Waals surface area (Å²) < 4.78 is 32.1. The van der Waals surface area contributed by atoms with Crippen molar-refractivity contribution in [2.75, 3.05) is 33.3 Å². The molecule has 1 aliphatic heterocycles. The lowest BCUT2D eigenvalue weighted by molar-refractivity contribution is 0.000825. The van der Waals surface area contributed by atoms with Crippen LogP contribution in [-0.2, 0) is 14.8 Å². The Kier molecular flexibility index (Phi) is 5.28. The van der Waals surface area contributed by atoms with Gasteiger partial charge in [0.2, 0.25) is 10.0 Å². The number of halogens is 2. The molecule has 20 heavy (non-hydrogen) atoms. The van der Waals surface area contributed by atoms with E-state index in [-0.39, 0.29) is 21.0 Å². The van der Waals surface area contributed by atoms with Gasteiger partial charge in [0.15, 0.2) is 0 Å². The van der Waals surface area contributed by atoms with E-state index < -0.39 is 10.0 Å². The topological polar surface area (TPSA) is 58.6 Å². The molecule has 0 spiro atoms. The van der Waals surface area contributed by atoms with Crippen molar-refractivity contribution in [1.29, 1.82) is 0 Å². The zero-order valence-corrected chi connectivity index (χ0v) is 13.3. The summed E-state index contributed by atoms with van der Waals surface area (Å²) in [6, 6.07) is 4.60. The second kappa shape index (κ2) is 6.60. The second-order valence-corrected chi connectivity index (χ2v) is 7.16. The number of likely N-dealkylation sites (N-methyl/N-ethyl adjacent to an activating group) is 1. The predicted molar refractivity (Wildman–Crippen MR) is 78.9 cm³/mol. The number of hydrogen-bond acceptors (Lipinski definition) is 4. The van der Waals surface area contributed by atoms with Crippen LogP contribution in [0.3, 0.4) is 0 Å². The molecule has 1 fully saturated rings. The number of sulfonamides is 1. The van der Waals surface area contributed by atoms with Crippen molar-refractivity contribution in [1.82, 2.24) is 9.62 Å². The molecule has 0 aliphatic carbocycles. The van der Waals surface area contributed by atoms with Crippen molar-refractivity contribution >= 4 is 33.2 Å². The van der Waals surface area contributed by atoms with Gasteiger partial charge in [-0.3, -0.25) is 0 Å². The molecule has 0 radical (unpaired) electrons. The van der Waals surface area contributed by atoms with Gasteiger partial charge in [-0.25, -0.2) is 8.42 Å². The number of rotatable bonds is 4. The summed E-state index contributed by atoms with van der Waals surface area (Å²) in [5.41, 5.74) is 0. The maximum absolute atomic E-state index is 12.6. The highest BCUT2D eigenvalue weighted by Gasteiger charge is 2.32. The first kappa shape index (κ1) is 16.0. The fraction of sp³-hybridized carbons (Fsp3) is 0.500. The number of nitrogens with zero attached hydrogens (tertiary/aromatic N) is 1. The zero-order chi connectivity index (χ0) is 14.8. The Hall–Kier alpha value is -0.370. The van der Waals surface area contributed by atoms with Crippen LogP contribution in [0.4, 0.5) is 0 Å². The summed E-state index contributed by atoms with van der Waals surface area (Å²) >= 11 is 11.9. The third kappa shape index (κ3) is 3.27. The minimum Gasteiger partial charge on any atom is -0.374 e. The summed E-state index contributed by atoms with van der Waals surface area (Å²) in [6.45, 7) is 1.57. The molecule has 1 saturated heterocycles. The van der Waals surface area contributed by atoms with Gasteiger partial charge >= 0.3 is 0 Å². The third-order valence-corrected chi connectivity index (χ3v) is 5.91. The Morgan fingerprint density at radius 1 is 1.45 bits per heavy atom. The molecule has 1 unspecified atom stereocenters. The van der Waals surface area contributed by atoms with Crippen molar-refractivity contribution in [3.05, 3.63) is 28.2 Å². The van der Waals surface area contributed by atoms with Gasteiger partial charge in [-0.05, 0) is 19.2 Å². The molecule has 1 aliphatic rings. The zero-order valence-electron chi connectivity index (χ0n) is 11.0. The Balaban J connectivity index is 2.28. The van der Waals surface area contributed by atoms with E-state index in [9.17, 15) is 8.42 Å². The van der Waals surface area contributed by atoms with Crippen LogP contribution < -0.4 is 5.32 Å². The van der Waals surface area contributed by atoms with Gasteiger partial charge in [0.1, 0.15) is 4.90 Å². The third-order valence-electron chi connectivity index (χ3n) is 3.07. The molecule has 1 aromatic carbocycles. The fourth-order valence-electron chi connectivity index (χ4n) is 2.08. The van der Waals surface area contributed by atoms with Crippen molar-refractivity contribution in [2.45, 2.75) is 11.0 Å². The largest absolute Gasteiger partial charge is 0.374 e. The monoisotopic (exact) mass is 338 g/mol. The summed E-state index contributed by atoms with van der Waals surface area (Å²) in [6.07, 6.45) is -0.165. The lowest BCUT2D eigenvalue weighted by Gasteiger charge is -2.32. The Labute approximate surface area is 128 Å². The maximum atomic E-state index is 12.6. The first-order valence-corrected chi connectivity index (χ1v) is 8.36. The van der Waals surface area contributed by atoms with E-state index in [2.05, 4.69) is 5.32 Å². The van der Waals surface area contributed by atoms with E-state index in [1.54, 1.807) is 19.2 Å². The lowest BCUT2D eigenvalue weighted by Crippen LogP contribution is -2.48. The normalized spacial score (nSPS) is 21.1. The number of morpholine rings is 1. The molecule has 0 bridgehead atoms. The van der Waals surface area contributed by atoms with E-state index in [1.165, 1.54) is 10.4 Å². The smallest absolute Gasteiger partial charge is 0.244 e. The molecule has 0 saturated carbocycles. The highest BCUT2D eigenvalue weighted by Crippen LogP contribution is 2.31. The highest BCUT2D eigenvalue weighted by molar-refractivity contribution is 7.89. The fourth-order valence-corrected chi connectivity index (χ4v) is 4.28. The Morgan fingerprint density at radius 3 is 2.90 bits per heavy atom. The van der Waals surface area contributed by atoms with Crippen LogP contribution in [0, 0.1) is 0 Å². The van der Waals surface area contributed by atoms with Crippen LogP contribution in [0.2, 0.25) is 10.0 Å². The van der Waals surface area contributed by atoms with E-state index in [4.69, 9.17) is 27.9 Å². The average molecular weight is 339 g/mol. The quantitative estimate of drug-likeness (QED) is 0.905. The molecular weight excluding hydrogens is 323 g/mol. The standard InChI is InChI=1S/C12H16Cl2N2O3S/c1-15-7-9-8-16(5-6-19-9)20(17,18)11-4-2-3-10(13)12(11)14/h2-4,9,15H,5-8H2,1H3. The lowest BCUT2D eigenvalue weighted by atomic mass is 10.3. The van der Waals surface area contributed by atoms with Crippen molar-refractivity contribution in [3.8, 4) is 0 Å². The van der Waals surface area contributed by atoms with Crippen LogP contribution in [0.15, 0.2) is 23.1 Å². The van der Waals surface area contributed by atoms with Crippen LogP contribution in [0.1, 0.15) is 0 Å². The highest BCUT2D eigenvalue weighted by atomic mass is 35.5. The minimum atomic E-state index is -3.66. The van der Waals surface area contributed by atoms with Gasteiger partial charge in [-0.15, -0.1) is 0 Å². The number of benzene rings is 1. The van der Waals surface area contributed by atoms with Gasteiger partial charge in [0.05, 0.1) is 22.8 Å². The second-order valence-electron chi connectivity index (χ2n) is 4.47. The van der Waals surface area contributed by atoms with Crippen LogP contribution in [-0.4, -0.2) is 52.1 Å². The van der Waals surface area contributed by atoms with Gasteiger partial charge in [0, 0.05) is 19.6 Å². The Bertz CT molecular complexity index is 578. The van der Waals surface area contributed by atoms with Crippen molar-refractivity contribution in [2.24, 2.45) is 0 Å². The molecule has 0 aromatic heterocycles. The first-order chi connectivity index (χ1) is 9.46. The number of nitrogens with one attached hydrogen (secondary N) is 1. The van der Waals surface area contributed by atoms with Crippen molar-refractivity contribution < 1.29 is 13.2 Å². The molecule has 8 heteroatoms. The van der Waals surface area contributed by atoms with Gasteiger partial charge in [-0.1, -0.05) is 29.3 Å². The van der Waals surface area contributed by atoms with Crippen LogP contribution >= 0.6 is 23.2 Å². The molecule has 2 rings (SSSR count). The van der Waals surface area contributed by atoms with E-state index in [0.29, 0.717) is 26.2 Å². The average Bonchev–Trinajstić information content (AvgIpc) is 2.42. The van der Waals surface area contributed by atoms with Crippen molar-refractivity contribution in [3.63, 3.8) is 0 Å². The van der Waals surface area contributed by atoms with Crippen LogP contribution in [0.25, 0.3) is 0 Å². The molecule has 1 N–H and O–H groups in total. The summed E-state index contributed by atoms with van der Waals surface area (Å²) in [5, 5.41) is 3.27.